The molecular formula is C11H17ClN2O4. The molecule has 7 heteroatoms. The molecule has 102 valence electrons. The molecule has 0 spiro atoms. The Bertz CT molecular complexity index is 426. The first kappa shape index (κ1) is 16.6. The van der Waals surface area contributed by atoms with Gasteiger partial charge in [-0.2, -0.15) is 0 Å². The van der Waals surface area contributed by atoms with E-state index in [1.807, 2.05) is 0 Å². The lowest BCUT2D eigenvalue weighted by Gasteiger charge is -2.22. The van der Waals surface area contributed by atoms with Crippen molar-refractivity contribution < 1.29 is 15.1 Å². The summed E-state index contributed by atoms with van der Waals surface area (Å²) in [5.74, 6) is -0.258. The Morgan fingerprint density at radius 3 is 2.39 bits per heavy atom. The van der Waals surface area contributed by atoms with Crippen molar-refractivity contribution in [2.24, 2.45) is 11.7 Å². The second kappa shape index (κ2) is 6.53. The van der Waals surface area contributed by atoms with Crippen molar-refractivity contribution in [3.05, 3.63) is 33.9 Å². The molecule has 0 heterocycles. The van der Waals surface area contributed by atoms with Gasteiger partial charge in [-0.15, -0.1) is 12.4 Å². The smallest absolute Gasteiger partial charge is 0.270 e. The van der Waals surface area contributed by atoms with Gasteiger partial charge < -0.3 is 15.9 Å². The first-order valence-electron chi connectivity index (χ1n) is 5.25. The Labute approximate surface area is 111 Å². The summed E-state index contributed by atoms with van der Waals surface area (Å²) in [5, 5.41) is 30.0. The Morgan fingerprint density at radius 1 is 1.39 bits per heavy atom. The van der Waals surface area contributed by atoms with E-state index >= 15 is 0 Å². The highest BCUT2D eigenvalue weighted by Crippen LogP contribution is 2.30. The van der Waals surface area contributed by atoms with Crippen molar-refractivity contribution in [1.82, 2.24) is 0 Å². The molecule has 18 heavy (non-hydrogen) atoms. The van der Waals surface area contributed by atoms with E-state index in [1.54, 1.807) is 13.8 Å². The highest BCUT2D eigenvalue weighted by molar-refractivity contribution is 5.85. The van der Waals surface area contributed by atoms with Crippen LogP contribution in [0.5, 0.6) is 5.75 Å². The lowest BCUT2D eigenvalue weighted by molar-refractivity contribution is -0.385. The maximum Gasteiger partial charge on any atom is 0.270 e. The summed E-state index contributed by atoms with van der Waals surface area (Å²) in [6.07, 6.45) is -0.872. The maximum absolute atomic E-state index is 10.6. The Balaban J connectivity index is 0.00000289. The van der Waals surface area contributed by atoms with E-state index in [2.05, 4.69) is 0 Å². The Hall–Kier alpha value is -1.37. The first-order valence-corrected chi connectivity index (χ1v) is 5.25. The summed E-state index contributed by atoms with van der Waals surface area (Å²) >= 11 is 0. The fraction of sp³-hybridized carbons (Fsp3) is 0.455. The van der Waals surface area contributed by atoms with Crippen molar-refractivity contribution >= 4 is 18.1 Å². The van der Waals surface area contributed by atoms with Gasteiger partial charge in [0.25, 0.3) is 5.69 Å². The number of halogens is 1. The minimum atomic E-state index is -0.872. The Kier molecular flexibility index (Phi) is 6.04. The number of aromatic hydroxyl groups is 1. The number of benzene rings is 1. The zero-order valence-electron chi connectivity index (χ0n) is 10.1. The zero-order valence-corrected chi connectivity index (χ0v) is 10.9. The molecule has 0 unspecified atom stereocenters. The van der Waals surface area contributed by atoms with Crippen LogP contribution >= 0.6 is 12.4 Å². The van der Waals surface area contributed by atoms with Crippen LogP contribution in [0.3, 0.4) is 0 Å². The predicted molar refractivity (Wildman–Crippen MR) is 69.8 cm³/mol. The van der Waals surface area contributed by atoms with Gasteiger partial charge in [-0.05, 0) is 12.0 Å². The molecule has 0 aliphatic carbocycles. The number of aliphatic hydroxyl groups is 1. The number of nitrogens with zero attached hydrogens (tertiary/aromatic N) is 1. The summed E-state index contributed by atoms with van der Waals surface area (Å²) < 4.78 is 0. The van der Waals surface area contributed by atoms with Gasteiger partial charge in [0.15, 0.2) is 0 Å². The third-order valence-corrected chi connectivity index (χ3v) is 2.63. The third kappa shape index (κ3) is 3.56. The van der Waals surface area contributed by atoms with Crippen molar-refractivity contribution in [2.75, 3.05) is 0 Å². The molecule has 6 nitrogen and oxygen atoms in total. The number of phenolic OH excluding ortho intramolecular Hbond substituents is 1. The van der Waals surface area contributed by atoms with Crippen LogP contribution in [0.15, 0.2) is 18.2 Å². The van der Waals surface area contributed by atoms with E-state index in [1.165, 1.54) is 18.2 Å². The topological polar surface area (TPSA) is 110 Å². The standard InChI is InChI=1S/C11H16N2O4.ClH/c1-6(2)11(15)10(12)8-5-7(13(16)17)3-4-9(8)14;/h3-6,10-11,14-15H,12H2,1-2H3;1H/t10-,11+;/m1./s1. The molecule has 0 aliphatic rings. The molecule has 0 radical (unpaired) electrons. The monoisotopic (exact) mass is 276 g/mol. The van der Waals surface area contributed by atoms with Crippen LogP contribution in [-0.4, -0.2) is 21.2 Å². The van der Waals surface area contributed by atoms with Gasteiger partial charge in [0.05, 0.1) is 17.1 Å². The summed E-state index contributed by atoms with van der Waals surface area (Å²) in [6, 6.07) is 2.73. The van der Waals surface area contributed by atoms with E-state index in [4.69, 9.17) is 5.73 Å². The number of nitro groups is 1. The second-order valence-corrected chi connectivity index (χ2v) is 4.26. The number of nitrogens with two attached hydrogens (primary N) is 1. The van der Waals surface area contributed by atoms with E-state index in [9.17, 15) is 20.3 Å². The molecule has 1 aromatic rings. The fourth-order valence-corrected chi connectivity index (χ4v) is 1.52. The number of rotatable bonds is 4. The van der Waals surface area contributed by atoms with E-state index in [0.717, 1.165) is 0 Å². The van der Waals surface area contributed by atoms with Gasteiger partial charge in [-0.25, -0.2) is 0 Å². The maximum atomic E-state index is 10.6. The summed E-state index contributed by atoms with van der Waals surface area (Å²) in [6.45, 7) is 3.55. The normalized spacial score (nSPS) is 13.8. The quantitative estimate of drug-likeness (QED) is 0.573. The van der Waals surface area contributed by atoms with Crippen LogP contribution in [0.2, 0.25) is 0 Å². The molecule has 1 rings (SSSR count). The molecule has 1 aromatic carbocycles. The molecular weight excluding hydrogens is 260 g/mol. The first-order chi connectivity index (χ1) is 7.84. The molecule has 4 N–H and O–H groups in total. The van der Waals surface area contributed by atoms with E-state index in [-0.39, 0.29) is 35.3 Å². The lowest BCUT2D eigenvalue weighted by atomic mass is 9.93. The zero-order chi connectivity index (χ0) is 13.2. The number of non-ortho nitro benzene ring substituents is 1. The van der Waals surface area contributed by atoms with Crippen LogP contribution in [0.25, 0.3) is 0 Å². The lowest BCUT2D eigenvalue weighted by Crippen LogP contribution is -2.30. The molecule has 0 saturated carbocycles. The van der Waals surface area contributed by atoms with Crippen LogP contribution in [0.1, 0.15) is 25.5 Å². The summed E-state index contributed by atoms with van der Waals surface area (Å²) in [4.78, 5) is 10.0. The number of phenols is 1. The van der Waals surface area contributed by atoms with Gasteiger partial charge in [-0.1, -0.05) is 13.8 Å². The largest absolute Gasteiger partial charge is 0.508 e. The fourth-order valence-electron chi connectivity index (χ4n) is 1.52. The van der Waals surface area contributed by atoms with Gasteiger partial charge in [0.2, 0.25) is 0 Å². The number of hydrogen-bond donors (Lipinski definition) is 3. The van der Waals surface area contributed by atoms with Crippen LogP contribution in [0, 0.1) is 16.0 Å². The summed E-state index contributed by atoms with van der Waals surface area (Å²) in [5.41, 5.74) is 5.79. The molecule has 0 aromatic heterocycles. The number of aliphatic hydroxyl groups excluding tert-OH is 1. The predicted octanol–water partition coefficient (Wildman–Crippen LogP) is 1.74. The van der Waals surface area contributed by atoms with Crippen LogP contribution < -0.4 is 5.73 Å². The molecule has 2 atom stereocenters. The van der Waals surface area contributed by atoms with Crippen molar-refractivity contribution in [3.63, 3.8) is 0 Å². The van der Waals surface area contributed by atoms with Crippen LogP contribution in [0.4, 0.5) is 5.69 Å². The average molecular weight is 277 g/mol. The average Bonchev–Trinajstić information content (AvgIpc) is 2.27. The van der Waals surface area contributed by atoms with Crippen molar-refractivity contribution in [2.45, 2.75) is 26.0 Å². The molecule has 0 amide bonds. The number of hydrogen-bond acceptors (Lipinski definition) is 5. The highest BCUT2D eigenvalue weighted by atomic mass is 35.5. The van der Waals surface area contributed by atoms with Crippen LogP contribution in [-0.2, 0) is 0 Å². The van der Waals surface area contributed by atoms with Crippen molar-refractivity contribution in [1.29, 1.82) is 0 Å². The second-order valence-electron chi connectivity index (χ2n) is 4.26. The van der Waals surface area contributed by atoms with Gasteiger partial charge >= 0.3 is 0 Å². The van der Waals surface area contributed by atoms with E-state index < -0.39 is 17.1 Å². The minimum Gasteiger partial charge on any atom is -0.508 e. The molecule has 0 saturated heterocycles. The Morgan fingerprint density at radius 2 is 1.94 bits per heavy atom. The highest BCUT2D eigenvalue weighted by Gasteiger charge is 2.24. The number of nitro benzene ring substituents is 1. The summed E-state index contributed by atoms with van der Waals surface area (Å²) in [7, 11) is 0. The third-order valence-electron chi connectivity index (χ3n) is 2.63. The molecule has 0 bridgehead atoms. The molecule has 0 fully saturated rings. The van der Waals surface area contributed by atoms with E-state index in [0.29, 0.717) is 0 Å². The minimum absolute atomic E-state index is 0. The van der Waals surface area contributed by atoms with Crippen molar-refractivity contribution in [3.8, 4) is 5.75 Å². The molecule has 0 aliphatic heterocycles. The SMILES string of the molecule is CC(C)[C@H](O)[C@H](N)c1cc([N+](=O)[O-])ccc1O.Cl. The van der Waals surface area contributed by atoms with Gasteiger partial charge in [0, 0.05) is 17.7 Å². The van der Waals surface area contributed by atoms with Gasteiger partial charge in [0.1, 0.15) is 5.75 Å². The van der Waals surface area contributed by atoms with Gasteiger partial charge in [-0.3, -0.25) is 10.1 Å².